The van der Waals surface area contributed by atoms with Crippen LogP contribution in [0.3, 0.4) is 0 Å². The number of anilines is 3. The molecule has 31 heavy (non-hydrogen) atoms. The SMILES string of the molecule is CN1C(=O)C(=Cc2ccc(N3c4ccccc4[Se]c4ccccc43)[te]2)C(=O)N(C)C1=[Se]. The van der Waals surface area contributed by atoms with Gasteiger partial charge in [-0.05, 0) is 0 Å². The molecule has 0 radical (unpaired) electrons. The van der Waals surface area contributed by atoms with Gasteiger partial charge in [-0.2, -0.15) is 0 Å². The number of rotatable bonds is 2. The monoisotopic (exact) mass is 657 g/mol. The molecule has 3 aromatic rings. The van der Waals surface area contributed by atoms with Gasteiger partial charge in [0.2, 0.25) is 0 Å². The van der Waals surface area contributed by atoms with E-state index in [0.29, 0.717) is 4.67 Å². The van der Waals surface area contributed by atoms with Gasteiger partial charge in [0.15, 0.2) is 0 Å². The van der Waals surface area contributed by atoms with Crippen LogP contribution >= 0.6 is 0 Å². The van der Waals surface area contributed by atoms with Gasteiger partial charge >= 0.3 is 206 Å². The zero-order valence-corrected chi connectivity index (χ0v) is 22.5. The van der Waals surface area contributed by atoms with E-state index in [1.165, 1.54) is 33.8 Å². The zero-order valence-electron chi connectivity index (χ0n) is 16.7. The predicted octanol–water partition coefficient (Wildman–Crippen LogP) is 0.751. The van der Waals surface area contributed by atoms with E-state index < -0.39 is 20.4 Å². The van der Waals surface area contributed by atoms with Gasteiger partial charge in [-0.25, -0.2) is 0 Å². The normalized spacial score (nSPS) is 15.9. The Morgan fingerprint density at radius 1 is 0.839 bits per heavy atom. The summed E-state index contributed by atoms with van der Waals surface area (Å²) in [6.45, 7) is 0. The van der Waals surface area contributed by atoms with Crippen molar-refractivity contribution < 1.29 is 9.59 Å². The molecular weight excluding hydrogens is 636 g/mol. The maximum atomic E-state index is 12.7. The molecule has 2 amide bonds. The molecule has 1 aromatic heterocycles. The number of likely N-dealkylation sites (N-methyl/N-ethyl adjacent to an activating group) is 2. The predicted molar refractivity (Wildman–Crippen MR) is 127 cm³/mol. The summed E-state index contributed by atoms with van der Waals surface area (Å²) in [6.07, 6.45) is 1.79. The van der Waals surface area contributed by atoms with Crippen LogP contribution in [-0.2, 0) is 9.59 Å². The van der Waals surface area contributed by atoms with E-state index in [1.807, 2.05) is 0 Å². The van der Waals surface area contributed by atoms with Gasteiger partial charge in [-0.15, -0.1) is 0 Å². The average molecular weight is 653 g/mol. The Morgan fingerprint density at radius 3 is 1.97 bits per heavy atom. The number of para-hydroxylation sites is 2. The fraction of sp³-hybridized carbons (Fsp3) is 0.0870. The first-order valence-electron chi connectivity index (χ1n) is 9.53. The second kappa shape index (κ2) is 8.22. The molecule has 1 saturated heterocycles. The second-order valence-electron chi connectivity index (χ2n) is 7.12. The topological polar surface area (TPSA) is 43.9 Å². The number of nitrogens with zero attached hydrogens (tertiary/aromatic N) is 3. The van der Waals surface area contributed by atoms with Crippen LogP contribution in [0.25, 0.3) is 6.08 Å². The number of hydrogen-bond donors (Lipinski definition) is 0. The molecule has 0 spiro atoms. The van der Waals surface area contributed by atoms with Gasteiger partial charge in [-0.1, -0.05) is 0 Å². The van der Waals surface area contributed by atoms with Crippen molar-refractivity contribution in [1.82, 2.24) is 9.80 Å². The number of amides is 2. The Labute approximate surface area is 204 Å². The van der Waals surface area contributed by atoms with Crippen LogP contribution in [0.1, 0.15) is 3.58 Å². The summed E-state index contributed by atoms with van der Waals surface area (Å²) in [4.78, 5) is 30.8. The van der Waals surface area contributed by atoms with E-state index in [9.17, 15) is 9.59 Å². The summed E-state index contributed by atoms with van der Waals surface area (Å²) < 4.78 is 5.61. The van der Waals surface area contributed by atoms with E-state index >= 15 is 0 Å². The van der Waals surface area contributed by atoms with Crippen molar-refractivity contribution in [2.24, 2.45) is 0 Å². The first-order valence-corrected chi connectivity index (χ1v) is 14.4. The Balaban J connectivity index is 1.57. The molecule has 5 nitrogen and oxygen atoms in total. The minimum absolute atomic E-state index is 0.220. The Bertz CT molecular complexity index is 1210. The van der Waals surface area contributed by atoms with Gasteiger partial charge in [0.05, 0.1) is 0 Å². The minimum atomic E-state index is -0.770. The average Bonchev–Trinajstić information content (AvgIpc) is 3.25. The third-order valence-corrected chi connectivity index (χ3v) is 11.6. The van der Waals surface area contributed by atoms with Crippen molar-refractivity contribution in [3.8, 4) is 0 Å². The van der Waals surface area contributed by atoms with Gasteiger partial charge in [0, 0.05) is 0 Å². The molecule has 0 bridgehead atoms. The number of fused-ring (bicyclic) bond motifs is 2. The first-order chi connectivity index (χ1) is 15.0. The number of carbonyl (C=O) groups is 2. The van der Waals surface area contributed by atoms with Crippen LogP contribution < -0.4 is 13.8 Å². The number of benzene rings is 2. The number of hydrogen-bond acceptors (Lipinski definition) is 3. The van der Waals surface area contributed by atoms with Crippen LogP contribution in [0.15, 0.2) is 66.2 Å². The first kappa shape index (κ1) is 21.0. The molecule has 0 unspecified atom stereocenters. The number of carbonyl (C=O) groups excluding carboxylic acids is 2. The Kier molecular flexibility index (Phi) is 5.56. The standard InChI is InChI=1S/C23H17N3O2Se2Te/c1-24-21(27)15(22(28)25(2)23(24)29)13-14-11-12-20(31-14)26-16-7-3-5-9-18(16)30-19-10-6-4-8-17(19)26/h3-13H,1-2H3. The molecule has 2 aromatic carbocycles. The van der Waals surface area contributed by atoms with E-state index in [-0.39, 0.29) is 32.3 Å². The Morgan fingerprint density at radius 2 is 1.39 bits per heavy atom. The Hall–Kier alpha value is -1.90. The fourth-order valence-corrected chi connectivity index (χ4v) is 8.96. The molecule has 0 saturated carbocycles. The molecule has 3 heterocycles. The van der Waals surface area contributed by atoms with Crippen LogP contribution in [0.4, 0.5) is 15.1 Å². The molecule has 0 N–H and O–H groups in total. The molecule has 2 aliphatic rings. The van der Waals surface area contributed by atoms with E-state index in [2.05, 4.69) is 81.1 Å². The van der Waals surface area contributed by atoms with E-state index in [0.717, 1.165) is 3.58 Å². The summed E-state index contributed by atoms with van der Waals surface area (Å²) in [6, 6.07) is 21.4. The second-order valence-corrected chi connectivity index (χ2v) is 13.3. The molecular formula is C23H17N3O2Se2Te. The van der Waals surface area contributed by atoms with Crippen molar-refractivity contribution in [3.63, 3.8) is 0 Å². The van der Waals surface area contributed by atoms with Gasteiger partial charge in [-0.3, -0.25) is 0 Å². The van der Waals surface area contributed by atoms with Crippen molar-refractivity contribution >= 4 is 97.5 Å². The summed E-state index contributed by atoms with van der Waals surface area (Å²) in [5.74, 6) is -0.537. The fourth-order valence-electron chi connectivity index (χ4n) is 3.60. The molecule has 154 valence electrons. The zero-order chi connectivity index (χ0) is 21.7. The molecule has 8 heteroatoms. The van der Waals surface area contributed by atoms with Crippen LogP contribution in [0.2, 0.25) is 0 Å². The third kappa shape index (κ3) is 3.58. The van der Waals surface area contributed by atoms with Crippen LogP contribution in [0.5, 0.6) is 0 Å². The van der Waals surface area contributed by atoms with Gasteiger partial charge in [0.1, 0.15) is 0 Å². The van der Waals surface area contributed by atoms with Gasteiger partial charge in [0.25, 0.3) is 0 Å². The third-order valence-electron chi connectivity index (χ3n) is 5.20. The molecule has 5 rings (SSSR count). The van der Waals surface area contributed by atoms with E-state index in [4.69, 9.17) is 0 Å². The summed E-state index contributed by atoms with van der Waals surface area (Å²) in [5, 5.41) is 0. The van der Waals surface area contributed by atoms with Gasteiger partial charge < -0.3 is 0 Å². The molecule has 2 aliphatic heterocycles. The van der Waals surface area contributed by atoms with Crippen molar-refractivity contribution in [3.05, 3.63) is 69.8 Å². The molecule has 1 fully saturated rings. The van der Waals surface area contributed by atoms with E-state index in [1.54, 1.807) is 20.2 Å². The summed E-state index contributed by atoms with van der Waals surface area (Å²) in [7, 11) is 3.36. The quantitative estimate of drug-likeness (QED) is 0.183. The summed E-state index contributed by atoms with van der Waals surface area (Å²) >= 11 is 2.31. The van der Waals surface area contributed by atoms with Crippen LogP contribution in [0, 0.1) is 0 Å². The van der Waals surface area contributed by atoms with Crippen molar-refractivity contribution in [2.45, 2.75) is 0 Å². The molecule has 0 atom stereocenters. The van der Waals surface area contributed by atoms with Crippen molar-refractivity contribution in [1.29, 1.82) is 0 Å². The summed E-state index contributed by atoms with van der Waals surface area (Å²) in [5.41, 5.74) is 2.70. The van der Waals surface area contributed by atoms with Crippen LogP contribution in [-0.4, -0.2) is 91.3 Å². The maximum absolute atomic E-state index is 12.7. The van der Waals surface area contributed by atoms with Crippen molar-refractivity contribution in [2.75, 3.05) is 19.0 Å². The molecule has 0 aliphatic carbocycles.